The number of carbonyl (C=O) groups is 2. The lowest BCUT2D eigenvalue weighted by molar-refractivity contribution is 0.0652. The SMILES string of the molecule is CC(C)(C)[Si](C)(C)OCc1coc(C(=O)O)c1.O=C(O)c1cc(COc2ccc3oc4ccccc4c3c2)co1. The molecule has 0 aliphatic heterocycles. The maximum Gasteiger partial charge on any atom is 0.371 e. The highest BCUT2D eigenvalue weighted by Gasteiger charge is 2.37. The molecule has 10 heteroatoms. The summed E-state index contributed by atoms with van der Waals surface area (Å²) in [6, 6.07) is 16.4. The van der Waals surface area contributed by atoms with Gasteiger partial charge in [0.15, 0.2) is 8.32 Å². The van der Waals surface area contributed by atoms with Gasteiger partial charge in [-0.25, -0.2) is 9.59 Å². The molecule has 210 valence electrons. The summed E-state index contributed by atoms with van der Waals surface area (Å²) in [4.78, 5) is 21.4. The topological polar surface area (TPSA) is 132 Å². The van der Waals surface area contributed by atoms with Crippen LogP contribution in [0, 0.1) is 0 Å². The predicted octanol–water partition coefficient (Wildman–Crippen LogP) is 7.96. The zero-order valence-electron chi connectivity index (χ0n) is 23.0. The van der Waals surface area contributed by atoms with E-state index in [9.17, 15) is 9.59 Å². The highest BCUT2D eigenvalue weighted by Crippen LogP contribution is 2.37. The van der Waals surface area contributed by atoms with Gasteiger partial charge in [-0.05, 0) is 54.5 Å². The fourth-order valence-electron chi connectivity index (χ4n) is 3.57. The summed E-state index contributed by atoms with van der Waals surface area (Å²) in [7, 11) is -1.79. The molecule has 0 amide bonds. The van der Waals surface area contributed by atoms with Crippen LogP contribution >= 0.6 is 0 Å². The molecule has 2 aromatic carbocycles. The van der Waals surface area contributed by atoms with Crippen LogP contribution in [0.1, 0.15) is 53.0 Å². The molecule has 0 bridgehead atoms. The molecule has 0 aliphatic carbocycles. The Kier molecular flexibility index (Phi) is 8.22. The molecule has 40 heavy (non-hydrogen) atoms. The first-order valence-electron chi connectivity index (χ1n) is 12.6. The van der Waals surface area contributed by atoms with E-state index in [1.807, 2.05) is 42.5 Å². The number of carboxylic acids is 2. The average molecular weight is 565 g/mol. The number of rotatable bonds is 8. The molecule has 0 saturated heterocycles. The Hall–Kier alpha value is -4.28. The van der Waals surface area contributed by atoms with E-state index in [1.54, 1.807) is 0 Å². The third-order valence-electron chi connectivity index (χ3n) is 6.89. The van der Waals surface area contributed by atoms with E-state index in [2.05, 4.69) is 33.9 Å². The number of furan rings is 3. The first kappa shape index (κ1) is 28.7. The van der Waals surface area contributed by atoms with Crippen LogP contribution in [0.3, 0.4) is 0 Å². The number of hydrogen-bond donors (Lipinski definition) is 2. The lowest BCUT2D eigenvalue weighted by Gasteiger charge is -2.36. The zero-order valence-corrected chi connectivity index (χ0v) is 24.0. The van der Waals surface area contributed by atoms with Gasteiger partial charge in [0.2, 0.25) is 11.5 Å². The van der Waals surface area contributed by atoms with Gasteiger partial charge >= 0.3 is 11.9 Å². The predicted molar refractivity (Wildman–Crippen MR) is 151 cm³/mol. The largest absolute Gasteiger partial charge is 0.489 e. The first-order chi connectivity index (χ1) is 18.8. The van der Waals surface area contributed by atoms with Crippen LogP contribution in [0.25, 0.3) is 21.9 Å². The Bertz CT molecular complexity index is 1630. The smallest absolute Gasteiger partial charge is 0.371 e. The van der Waals surface area contributed by atoms with Crippen LogP contribution in [-0.4, -0.2) is 30.5 Å². The van der Waals surface area contributed by atoms with Crippen LogP contribution in [0.5, 0.6) is 5.75 Å². The van der Waals surface area contributed by atoms with E-state index < -0.39 is 20.3 Å². The summed E-state index contributed by atoms with van der Waals surface area (Å²) in [5.41, 5.74) is 3.07. The number of ether oxygens (including phenoxy) is 1. The third-order valence-corrected chi connectivity index (χ3v) is 11.4. The molecule has 0 aliphatic rings. The number of hydrogen-bond acceptors (Lipinski definition) is 7. The number of fused-ring (bicyclic) bond motifs is 3. The molecule has 9 nitrogen and oxygen atoms in total. The maximum atomic E-state index is 10.8. The van der Waals surface area contributed by atoms with Crippen molar-refractivity contribution in [3.05, 3.63) is 89.8 Å². The fourth-order valence-corrected chi connectivity index (χ4v) is 4.53. The van der Waals surface area contributed by atoms with E-state index in [-0.39, 0.29) is 23.2 Å². The molecular weight excluding hydrogens is 532 g/mol. The Morgan fingerprint density at radius 1 is 0.800 bits per heavy atom. The number of benzene rings is 2. The Labute approximate surface area is 232 Å². The van der Waals surface area contributed by atoms with Gasteiger partial charge in [-0.2, -0.15) is 0 Å². The molecule has 0 unspecified atom stereocenters. The lowest BCUT2D eigenvalue weighted by atomic mass is 10.1. The number of para-hydroxylation sites is 1. The van der Waals surface area contributed by atoms with Crippen molar-refractivity contribution < 1.29 is 42.2 Å². The molecule has 0 saturated carbocycles. The van der Waals surface area contributed by atoms with Gasteiger partial charge in [0, 0.05) is 21.9 Å². The molecule has 3 heterocycles. The van der Waals surface area contributed by atoms with Crippen LogP contribution in [-0.2, 0) is 17.6 Å². The molecule has 0 radical (unpaired) electrons. The Morgan fingerprint density at radius 2 is 1.38 bits per heavy atom. The van der Waals surface area contributed by atoms with Crippen LogP contribution in [0.4, 0.5) is 0 Å². The minimum Gasteiger partial charge on any atom is -0.489 e. The summed E-state index contributed by atoms with van der Waals surface area (Å²) >= 11 is 0. The van der Waals surface area contributed by atoms with E-state index in [0.29, 0.717) is 17.9 Å². The molecule has 3 aromatic heterocycles. The molecule has 0 spiro atoms. The van der Waals surface area contributed by atoms with Crippen molar-refractivity contribution >= 4 is 42.2 Å². The molecule has 5 rings (SSSR count). The van der Waals surface area contributed by atoms with E-state index in [0.717, 1.165) is 27.5 Å². The van der Waals surface area contributed by atoms with Gasteiger partial charge in [0.1, 0.15) is 23.5 Å². The highest BCUT2D eigenvalue weighted by atomic mass is 28.4. The monoisotopic (exact) mass is 564 g/mol. The summed E-state index contributed by atoms with van der Waals surface area (Å²) in [5.74, 6) is -1.60. The van der Waals surface area contributed by atoms with E-state index in [4.69, 9.17) is 32.6 Å². The quantitative estimate of drug-likeness (QED) is 0.180. The first-order valence-corrected chi connectivity index (χ1v) is 15.5. The summed E-state index contributed by atoms with van der Waals surface area (Å²) in [5, 5.41) is 19.7. The van der Waals surface area contributed by atoms with Gasteiger partial charge in [-0.15, -0.1) is 0 Å². The summed E-state index contributed by atoms with van der Waals surface area (Å²) in [6.45, 7) is 11.5. The highest BCUT2D eigenvalue weighted by molar-refractivity contribution is 6.74. The maximum absolute atomic E-state index is 10.8. The van der Waals surface area contributed by atoms with Crippen molar-refractivity contribution in [2.24, 2.45) is 0 Å². The Balaban J connectivity index is 0.000000195. The average Bonchev–Trinajstić information content (AvgIpc) is 3.64. The third kappa shape index (κ3) is 6.64. The lowest BCUT2D eigenvalue weighted by Crippen LogP contribution is -2.40. The van der Waals surface area contributed by atoms with Crippen molar-refractivity contribution in [1.29, 1.82) is 0 Å². The molecule has 5 aromatic rings. The second-order valence-corrected chi connectivity index (χ2v) is 15.7. The fraction of sp³-hybridized carbons (Fsp3) is 0.267. The van der Waals surface area contributed by atoms with Crippen molar-refractivity contribution in [1.82, 2.24) is 0 Å². The second kappa shape index (κ2) is 11.4. The van der Waals surface area contributed by atoms with Crippen molar-refractivity contribution in [3.63, 3.8) is 0 Å². The van der Waals surface area contributed by atoms with Crippen molar-refractivity contribution in [3.8, 4) is 5.75 Å². The van der Waals surface area contributed by atoms with Crippen molar-refractivity contribution in [2.75, 3.05) is 0 Å². The van der Waals surface area contributed by atoms with Gasteiger partial charge in [-0.1, -0.05) is 39.0 Å². The molecule has 0 fully saturated rings. The van der Waals surface area contributed by atoms with Crippen molar-refractivity contribution in [2.45, 2.75) is 52.1 Å². The van der Waals surface area contributed by atoms with Gasteiger partial charge in [-0.3, -0.25) is 0 Å². The minimum absolute atomic E-state index is 0.0427. The van der Waals surface area contributed by atoms with Crippen LogP contribution in [0.15, 0.2) is 80.4 Å². The molecular formula is C30H32O9Si. The van der Waals surface area contributed by atoms with E-state index in [1.165, 1.54) is 24.7 Å². The van der Waals surface area contributed by atoms with Crippen LogP contribution in [0.2, 0.25) is 18.1 Å². The van der Waals surface area contributed by atoms with Gasteiger partial charge in [0.25, 0.3) is 0 Å². The number of carboxylic acid groups (broad SMARTS) is 2. The normalized spacial score (nSPS) is 11.8. The summed E-state index contributed by atoms with van der Waals surface area (Å²) < 4.78 is 27.3. The Morgan fingerprint density at radius 3 is 1.95 bits per heavy atom. The second-order valence-electron chi connectivity index (χ2n) is 10.8. The van der Waals surface area contributed by atoms with E-state index >= 15 is 0 Å². The minimum atomic E-state index is -1.79. The molecule has 2 N–H and O–H groups in total. The zero-order chi connectivity index (χ0) is 29.1. The van der Waals surface area contributed by atoms with Gasteiger partial charge < -0.3 is 32.6 Å². The van der Waals surface area contributed by atoms with Gasteiger partial charge in [0.05, 0.1) is 19.1 Å². The molecule has 0 atom stereocenters. The standard InChI is InChI=1S/C18H12O5.C12H20O4Si/c19-18(20)17-7-11(10-22-17)9-21-12-5-6-16-14(8-12)13-3-1-2-4-15(13)23-16;1-12(2,3)17(4,5)16-8-9-6-10(11(13)14)15-7-9/h1-8,10H,9H2,(H,19,20);6-7H,8H2,1-5H3,(H,13,14). The number of aromatic carboxylic acids is 2. The summed E-state index contributed by atoms with van der Waals surface area (Å²) in [6.07, 6.45) is 2.83. The van der Waals surface area contributed by atoms with Crippen LogP contribution < -0.4 is 4.74 Å².